The SMILES string of the molecule is CCCc1n[nH]c2c1C[C@@H]1CN(C)CC[C@@H]1C2. The van der Waals surface area contributed by atoms with E-state index in [4.69, 9.17) is 0 Å². The van der Waals surface area contributed by atoms with Crippen molar-refractivity contribution in [3.05, 3.63) is 17.0 Å². The first-order chi connectivity index (χ1) is 8.28. The summed E-state index contributed by atoms with van der Waals surface area (Å²) in [5, 5.41) is 7.82. The van der Waals surface area contributed by atoms with Gasteiger partial charge in [0, 0.05) is 12.2 Å². The van der Waals surface area contributed by atoms with Crippen LogP contribution in [0.15, 0.2) is 0 Å². The minimum Gasteiger partial charge on any atom is -0.306 e. The zero-order valence-corrected chi connectivity index (χ0v) is 11.0. The van der Waals surface area contributed by atoms with Crippen LogP contribution in [0.1, 0.15) is 36.7 Å². The third-order valence-corrected chi connectivity index (χ3v) is 4.55. The lowest BCUT2D eigenvalue weighted by Gasteiger charge is -2.39. The highest BCUT2D eigenvalue weighted by Gasteiger charge is 2.34. The summed E-state index contributed by atoms with van der Waals surface area (Å²) in [6, 6.07) is 0. The van der Waals surface area contributed by atoms with Crippen molar-refractivity contribution in [2.24, 2.45) is 11.8 Å². The van der Waals surface area contributed by atoms with Gasteiger partial charge < -0.3 is 4.90 Å². The third-order valence-electron chi connectivity index (χ3n) is 4.55. The molecule has 0 bridgehead atoms. The van der Waals surface area contributed by atoms with E-state index in [0.717, 1.165) is 18.3 Å². The van der Waals surface area contributed by atoms with Crippen LogP contribution >= 0.6 is 0 Å². The van der Waals surface area contributed by atoms with Crippen molar-refractivity contribution in [2.45, 2.75) is 39.0 Å². The maximum absolute atomic E-state index is 4.53. The lowest BCUT2D eigenvalue weighted by molar-refractivity contribution is 0.133. The normalized spacial score (nSPS) is 28.8. The van der Waals surface area contributed by atoms with Crippen molar-refractivity contribution in [1.82, 2.24) is 15.1 Å². The lowest BCUT2D eigenvalue weighted by atomic mass is 9.74. The number of nitrogens with zero attached hydrogens (tertiary/aromatic N) is 2. The largest absolute Gasteiger partial charge is 0.306 e. The van der Waals surface area contributed by atoms with Crippen LogP contribution in [0.2, 0.25) is 0 Å². The summed E-state index contributed by atoms with van der Waals surface area (Å²) in [5.41, 5.74) is 4.34. The van der Waals surface area contributed by atoms with Crippen LogP contribution in [-0.2, 0) is 19.3 Å². The number of H-pyrrole nitrogens is 1. The number of aromatic nitrogens is 2. The third kappa shape index (κ3) is 2.01. The van der Waals surface area contributed by atoms with E-state index in [9.17, 15) is 0 Å². The van der Waals surface area contributed by atoms with Gasteiger partial charge in [-0.3, -0.25) is 5.10 Å². The van der Waals surface area contributed by atoms with Gasteiger partial charge in [-0.1, -0.05) is 13.3 Å². The molecule has 0 aromatic carbocycles. The Morgan fingerprint density at radius 2 is 2.24 bits per heavy atom. The number of aryl methyl sites for hydroxylation is 1. The Balaban J connectivity index is 1.83. The molecule has 1 fully saturated rings. The molecule has 0 unspecified atom stereocenters. The molecule has 1 saturated heterocycles. The first-order valence-corrected chi connectivity index (χ1v) is 7.01. The quantitative estimate of drug-likeness (QED) is 0.847. The highest BCUT2D eigenvalue weighted by Crippen LogP contribution is 2.35. The van der Waals surface area contributed by atoms with E-state index < -0.39 is 0 Å². The molecule has 17 heavy (non-hydrogen) atoms. The first-order valence-electron chi connectivity index (χ1n) is 7.01. The van der Waals surface area contributed by atoms with Crippen LogP contribution in [-0.4, -0.2) is 35.2 Å². The molecule has 3 rings (SSSR count). The molecule has 1 aromatic rings. The summed E-state index contributed by atoms with van der Waals surface area (Å²) in [6.07, 6.45) is 6.20. The summed E-state index contributed by atoms with van der Waals surface area (Å²) < 4.78 is 0. The summed E-state index contributed by atoms with van der Waals surface area (Å²) in [4.78, 5) is 2.49. The van der Waals surface area contributed by atoms with Crippen LogP contribution in [0.4, 0.5) is 0 Å². The molecule has 94 valence electrons. The average Bonchev–Trinajstić information content (AvgIpc) is 2.70. The molecular weight excluding hydrogens is 210 g/mol. The first kappa shape index (κ1) is 11.3. The number of aromatic amines is 1. The van der Waals surface area contributed by atoms with Gasteiger partial charge in [-0.2, -0.15) is 5.10 Å². The highest BCUT2D eigenvalue weighted by molar-refractivity contribution is 5.29. The van der Waals surface area contributed by atoms with Gasteiger partial charge in [0.2, 0.25) is 0 Å². The molecule has 2 aliphatic rings. The Kier molecular flexibility index (Phi) is 2.95. The summed E-state index contributed by atoms with van der Waals surface area (Å²) >= 11 is 0. The fourth-order valence-electron chi connectivity index (χ4n) is 3.58. The number of hydrogen-bond acceptors (Lipinski definition) is 2. The van der Waals surface area contributed by atoms with Crippen LogP contribution in [0.3, 0.4) is 0 Å². The lowest BCUT2D eigenvalue weighted by Crippen LogP contribution is -2.41. The molecule has 3 heteroatoms. The molecule has 1 aromatic heterocycles. The van der Waals surface area contributed by atoms with Crippen LogP contribution < -0.4 is 0 Å². The van der Waals surface area contributed by atoms with Gasteiger partial charge >= 0.3 is 0 Å². The van der Waals surface area contributed by atoms with E-state index in [1.165, 1.54) is 50.2 Å². The fourth-order valence-corrected chi connectivity index (χ4v) is 3.58. The molecule has 0 saturated carbocycles. The predicted octanol–water partition coefficient (Wildman–Crippen LogP) is 2.03. The second-order valence-corrected chi connectivity index (χ2v) is 5.86. The molecule has 0 spiro atoms. The minimum atomic E-state index is 0.870. The zero-order valence-electron chi connectivity index (χ0n) is 11.0. The standard InChI is InChI=1S/C14H23N3/c1-3-4-13-12-7-11-9-17(2)6-5-10(11)8-14(12)16-15-13/h10-11H,3-9H2,1-2H3,(H,15,16)/t10-,11-/m1/s1. The number of nitrogens with one attached hydrogen (secondary N) is 1. The molecule has 0 radical (unpaired) electrons. The van der Waals surface area contributed by atoms with Crippen LogP contribution in [0.25, 0.3) is 0 Å². The number of piperidine rings is 1. The summed E-state index contributed by atoms with van der Waals surface area (Å²) in [5.74, 6) is 1.77. The van der Waals surface area contributed by atoms with Crippen molar-refractivity contribution in [3.63, 3.8) is 0 Å². The molecular formula is C14H23N3. The molecule has 1 aliphatic carbocycles. The Hall–Kier alpha value is -0.830. The van der Waals surface area contributed by atoms with Gasteiger partial charge in [-0.05, 0) is 56.7 Å². The van der Waals surface area contributed by atoms with Crippen LogP contribution in [0.5, 0.6) is 0 Å². The van der Waals surface area contributed by atoms with Crippen molar-refractivity contribution in [2.75, 3.05) is 20.1 Å². The van der Waals surface area contributed by atoms with E-state index in [1.807, 2.05) is 0 Å². The summed E-state index contributed by atoms with van der Waals surface area (Å²) in [7, 11) is 2.26. The van der Waals surface area contributed by atoms with Crippen LogP contribution in [0, 0.1) is 11.8 Å². The molecule has 0 amide bonds. The molecule has 2 atom stereocenters. The summed E-state index contributed by atoms with van der Waals surface area (Å²) in [6.45, 7) is 4.79. The Labute approximate surface area is 104 Å². The van der Waals surface area contributed by atoms with E-state index in [-0.39, 0.29) is 0 Å². The van der Waals surface area contributed by atoms with Gasteiger partial charge in [0.15, 0.2) is 0 Å². The number of rotatable bonds is 2. The van der Waals surface area contributed by atoms with Crippen molar-refractivity contribution >= 4 is 0 Å². The van der Waals surface area contributed by atoms with Gasteiger partial charge in [-0.25, -0.2) is 0 Å². The number of fused-ring (bicyclic) bond motifs is 2. The number of likely N-dealkylation sites (tertiary alicyclic amines) is 1. The highest BCUT2D eigenvalue weighted by atomic mass is 15.1. The second kappa shape index (κ2) is 4.45. The topological polar surface area (TPSA) is 31.9 Å². The average molecular weight is 233 g/mol. The Morgan fingerprint density at radius 3 is 3.06 bits per heavy atom. The number of hydrogen-bond donors (Lipinski definition) is 1. The monoisotopic (exact) mass is 233 g/mol. The van der Waals surface area contributed by atoms with Gasteiger partial charge in [0.1, 0.15) is 0 Å². The predicted molar refractivity (Wildman–Crippen MR) is 69.1 cm³/mol. The molecule has 1 aliphatic heterocycles. The molecule has 3 nitrogen and oxygen atoms in total. The molecule has 2 heterocycles. The van der Waals surface area contributed by atoms with E-state index in [1.54, 1.807) is 5.56 Å². The van der Waals surface area contributed by atoms with Gasteiger partial charge in [0.25, 0.3) is 0 Å². The Morgan fingerprint density at radius 1 is 1.35 bits per heavy atom. The molecule has 1 N–H and O–H groups in total. The second-order valence-electron chi connectivity index (χ2n) is 5.86. The maximum Gasteiger partial charge on any atom is 0.0656 e. The van der Waals surface area contributed by atoms with Gasteiger partial charge in [0.05, 0.1) is 5.69 Å². The Bertz CT molecular complexity index is 396. The fraction of sp³-hybridized carbons (Fsp3) is 0.786. The van der Waals surface area contributed by atoms with Gasteiger partial charge in [-0.15, -0.1) is 0 Å². The zero-order chi connectivity index (χ0) is 11.8. The van der Waals surface area contributed by atoms with Crippen molar-refractivity contribution in [3.8, 4) is 0 Å². The van der Waals surface area contributed by atoms with E-state index >= 15 is 0 Å². The van der Waals surface area contributed by atoms with Crippen molar-refractivity contribution in [1.29, 1.82) is 0 Å². The minimum absolute atomic E-state index is 0.870. The van der Waals surface area contributed by atoms with E-state index in [0.29, 0.717) is 0 Å². The maximum atomic E-state index is 4.53. The van der Waals surface area contributed by atoms with E-state index in [2.05, 4.69) is 29.1 Å². The smallest absolute Gasteiger partial charge is 0.0656 e. The van der Waals surface area contributed by atoms with Crippen molar-refractivity contribution < 1.29 is 0 Å².